The zero-order valence-corrected chi connectivity index (χ0v) is 31.2. The predicted octanol–water partition coefficient (Wildman–Crippen LogP) is 12.5. The molecule has 12 rings (SSSR count). The molecule has 4 nitrogen and oxygen atoms in total. The van der Waals surface area contributed by atoms with Crippen LogP contribution in [-0.2, 0) is 11.8 Å². The maximum Gasteiger partial charge on any atom is 0.0753 e. The van der Waals surface area contributed by atoms with Gasteiger partial charge in [0.2, 0.25) is 0 Å². The van der Waals surface area contributed by atoms with Gasteiger partial charge in [0, 0.05) is 57.4 Å². The van der Waals surface area contributed by atoms with Crippen LogP contribution >= 0.6 is 0 Å². The third-order valence-electron chi connectivity index (χ3n) is 12.4. The first-order chi connectivity index (χ1) is 28.3. The van der Waals surface area contributed by atoms with Crippen LogP contribution in [-0.4, -0.2) is 19.1 Å². The highest BCUT2D eigenvalue weighted by atomic mass is 15.0. The highest BCUT2D eigenvalue weighted by molar-refractivity contribution is 6.09. The van der Waals surface area contributed by atoms with Gasteiger partial charge in [-0.15, -0.1) is 0 Å². The number of hydrogen-bond acceptors (Lipinski definition) is 2. The van der Waals surface area contributed by atoms with Crippen molar-refractivity contribution >= 4 is 38.8 Å². The van der Waals surface area contributed by atoms with Crippen molar-refractivity contribution in [2.45, 2.75) is 18.3 Å². The molecular formula is C53H36N4. The number of fused-ring (bicyclic) bond motifs is 9. The Kier molecular flexibility index (Phi) is 6.93. The Bertz CT molecular complexity index is 3110. The summed E-state index contributed by atoms with van der Waals surface area (Å²) in [7, 11) is 0. The van der Waals surface area contributed by atoms with Gasteiger partial charge in [-0.25, -0.2) is 0 Å². The second-order valence-corrected chi connectivity index (χ2v) is 15.3. The van der Waals surface area contributed by atoms with Crippen molar-refractivity contribution in [1.29, 1.82) is 0 Å². The third kappa shape index (κ3) is 4.55. The first-order valence-corrected chi connectivity index (χ1v) is 19.8. The van der Waals surface area contributed by atoms with Crippen molar-refractivity contribution in [2.24, 2.45) is 0 Å². The van der Waals surface area contributed by atoms with Crippen molar-refractivity contribution in [2.75, 3.05) is 0 Å². The van der Waals surface area contributed by atoms with E-state index in [1.807, 2.05) is 18.6 Å². The van der Waals surface area contributed by atoms with Gasteiger partial charge in [0.1, 0.15) is 0 Å². The molecule has 6 aromatic carbocycles. The summed E-state index contributed by atoms with van der Waals surface area (Å²) in [5.74, 6) is 0. The van der Waals surface area contributed by atoms with Crippen LogP contribution in [0.1, 0.15) is 39.9 Å². The number of benzene rings is 6. The molecule has 0 N–H and O–H groups in total. The first kappa shape index (κ1) is 32.0. The average molecular weight is 729 g/mol. The number of allylic oxidation sites excluding steroid dienone is 1. The minimum Gasteiger partial charge on any atom is -0.310 e. The van der Waals surface area contributed by atoms with Crippen molar-refractivity contribution < 1.29 is 0 Å². The van der Waals surface area contributed by atoms with Gasteiger partial charge < -0.3 is 9.13 Å². The molecule has 268 valence electrons. The van der Waals surface area contributed by atoms with E-state index in [2.05, 4.69) is 190 Å². The molecule has 0 spiro atoms. The number of aromatic nitrogens is 4. The van der Waals surface area contributed by atoms with E-state index in [0.717, 1.165) is 35.4 Å². The minimum atomic E-state index is -0.481. The van der Waals surface area contributed by atoms with Gasteiger partial charge in [-0.05, 0) is 112 Å². The quantitative estimate of drug-likeness (QED) is 0.177. The largest absolute Gasteiger partial charge is 0.310 e. The molecule has 4 heterocycles. The molecule has 0 fully saturated rings. The summed E-state index contributed by atoms with van der Waals surface area (Å²) in [5, 5.41) is 3.70. The lowest BCUT2D eigenvalue weighted by atomic mass is 9.67. The molecular weight excluding hydrogens is 693 g/mol. The van der Waals surface area contributed by atoms with Gasteiger partial charge in [-0.2, -0.15) is 0 Å². The minimum absolute atomic E-state index is 0.481. The Morgan fingerprint density at radius 1 is 0.509 bits per heavy atom. The molecule has 4 heteroatoms. The van der Waals surface area contributed by atoms with Crippen molar-refractivity contribution in [3.63, 3.8) is 0 Å². The van der Waals surface area contributed by atoms with Crippen LogP contribution in [0.25, 0.3) is 72.5 Å². The maximum absolute atomic E-state index is 5.11. The number of aryl methyl sites for hydroxylation is 1. The van der Waals surface area contributed by atoms with Crippen molar-refractivity contribution in [3.05, 3.63) is 222 Å². The van der Waals surface area contributed by atoms with E-state index in [0.29, 0.717) is 0 Å². The summed E-state index contributed by atoms with van der Waals surface area (Å²) in [6.07, 6.45) is 12.5. The van der Waals surface area contributed by atoms with Crippen molar-refractivity contribution in [3.8, 4) is 33.8 Å². The molecule has 2 aliphatic rings. The SMILES string of the molecule is C1=Cc2c(c3cc4c(cc3n2-c2ccc(-c3ccc(-n5c6ccccc6c6cnccc65)cc3)cc2)-c2ncccc2C4(c2ccccc2)c2ccccc2)CC1. The van der Waals surface area contributed by atoms with Gasteiger partial charge in [0.15, 0.2) is 0 Å². The van der Waals surface area contributed by atoms with E-state index in [4.69, 9.17) is 4.98 Å². The Labute approximate surface area is 330 Å². The molecule has 57 heavy (non-hydrogen) atoms. The predicted molar refractivity (Wildman–Crippen MR) is 233 cm³/mol. The molecule has 0 atom stereocenters. The smallest absolute Gasteiger partial charge is 0.0753 e. The molecule has 0 bridgehead atoms. The van der Waals surface area contributed by atoms with Gasteiger partial charge in [-0.1, -0.05) is 115 Å². The topological polar surface area (TPSA) is 35.6 Å². The normalized spacial score (nSPS) is 13.9. The Hall–Kier alpha value is -7.30. The lowest BCUT2D eigenvalue weighted by molar-refractivity contribution is 0.767. The summed E-state index contributed by atoms with van der Waals surface area (Å²) in [6, 6.07) is 60.0. The van der Waals surface area contributed by atoms with Gasteiger partial charge in [0.05, 0.1) is 27.7 Å². The summed E-state index contributed by atoms with van der Waals surface area (Å²) in [6.45, 7) is 0. The van der Waals surface area contributed by atoms with Gasteiger partial charge in [-0.3, -0.25) is 9.97 Å². The number of hydrogen-bond donors (Lipinski definition) is 0. The van der Waals surface area contributed by atoms with Crippen LogP contribution in [0.4, 0.5) is 0 Å². The Morgan fingerprint density at radius 3 is 1.91 bits per heavy atom. The highest BCUT2D eigenvalue weighted by Crippen LogP contribution is 2.57. The first-order valence-electron chi connectivity index (χ1n) is 19.8. The molecule has 4 aromatic heterocycles. The zero-order valence-electron chi connectivity index (χ0n) is 31.2. The van der Waals surface area contributed by atoms with E-state index in [1.54, 1.807) is 0 Å². The van der Waals surface area contributed by atoms with E-state index >= 15 is 0 Å². The molecule has 2 aliphatic carbocycles. The fourth-order valence-electron chi connectivity index (χ4n) is 9.99. The second kappa shape index (κ2) is 12.4. The van der Waals surface area contributed by atoms with Crippen LogP contribution < -0.4 is 0 Å². The maximum atomic E-state index is 5.11. The highest BCUT2D eigenvalue weighted by Gasteiger charge is 2.47. The summed E-state index contributed by atoms with van der Waals surface area (Å²) in [4.78, 5) is 9.53. The number of para-hydroxylation sites is 1. The fraction of sp³-hybridized carbons (Fsp3) is 0.0566. The molecule has 0 saturated heterocycles. The van der Waals surface area contributed by atoms with Crippen LogP contribution in [0.15, 0.2) is 188 Å². The molecule has 0 unspecified atom stereocenters. The van der Waals surface area contributed by atoms with Crippen LogP contribution in [0.5, 0.6) is 0 Å². The zero-order chi connectivity index (χ0) is 37.5. The van der Waals surface area contributed by atoms with Crippen LogP contribution in [0.2, 0.25) is 0 Å². The average Bonchev–Trinajstić information content (AvgIpc) is 3.90. The lowest BCUT2D eigenvalue weighted by Gasteiger charge is -2.33. The summed E-state index contributed by atoms with van der Waals surface area (Å²) < 4.78 is 4.81. The Balaban J connectivity index is 0.994. The lowest BCUT2D eigenvalue weighted by Crippen LogP contribution is -2.28. The van der Waals surface area contributed by atoms with Crippen LogP contribution in [0.3, 0.4) is 0 Å². The van der Waals surface area contributed by atoms with E-state index in [9.17, 15) is 0 Å². The monoisotopic (exact) mass is 728 g/mol. The van der Waals surface area contributed by atoms with E-state index in [-0.39, 0.29) is 0 Å². The van der Waals surface area contributed by atoms with Crippen LogP contribution in [0, 0.1) is 0 Å². The number of pyridine rings is 2. The Morgan fingerprint density at radius 2 is 1.18 bits per heavy atom. The van der Waals surface area contributed by atoms with Gasteiger partial charge in [0.25, 0.3) is 0 Å². The van der Waals surface area contributed by atoms with E-state index < -0.39 is 5.41 Å². The number of nitrogens with zero attached hydrogens (tertiary/aromatic N) is 4. The standard InChI is InChI=1S/C53H36N4/c1-3-12-37(13-4-1)53(38-14-5-2-6-15-38)46-18-11-30-55-52(46)44-33-51-43(32-47(44)53)41-16-7-9-19-48(41)57(51)40-27-23-36(24-28-40)35-21-25-39(26-22-35)56-49-20-10-8-17-42(49)45-34-54-31-29-50(45)56/h1-6,8-15,17-34H,7,16H2. The third-order valence-corrected chi connectivity index (χ3v) is 12.4. The second-order valence-electron chi connectivity index (χ2n) is 15.3. The molecule has 0 amide bonds. The van der Waals surface area contributed by atoms with E-state index in [1.165, 1.54) is 77.4 Å². The summed E-state index contributed by atoms with van der Waals surface area (Å²) >= 11 is 0. The molecule has 0 radical (unpaired) electrons. The van der Waals surface area contributed by atoms with Gasteiger partial charge >= 0.3 is 0 Å². The fourth-order valence-corrected chi connectivity index (χ4v) is 9.99. The molecule has 10 aromatic rings. The molecule has 0 saturated carbocycles. The number of rotatable bonds is 5. The molecule has 0 aliphatic heterocycles. The summed E-state index contributed by atoms with van der Waals surface area (Å²) in [5.41, 5.74) is 17.7. The van der Waals surface area contributed by atoms with Crippen molar-refractivity contribution in [1.82, 2.24) is 19.1 Å².